The van der Waals surface area contributed by atoms with Crippen LogP contribution in [0.15, 0.2) is 12.3 Å². The highest BCUT2D eigenvalue weighted by Gasteiger charge is 2.15. The topological polar surface area (TPSA) is 33.6 Å². The molecule has 1 atom stereocenters. The van der Waals surface area contributed by atoms with Gasteiger partial charge in [0.2, 0.25) is 0 Å². The summed E-state index contributed by atoms with van der Waals surface area (Å²) in [5.41, 5.74) is 3.23. The highest BCUT2D eigenvalue weighted by Crippen LogP contribution is 2.25. The van der Waals surface area contributed by atoms with Crippen LogP contribution in [0.2, 0.25) is 0 Å². The van der Waals surface area contributed by atoms with Crippen molar-refractivity contribution in [2.75, 3.05) is 0 Å². The van der Waals surface area contributed by atoms with Crippen molar-refractivity contribution < 1.29 is 0 Å². The van der Waals surface area contributed by atoms with Crippen molar-refractivity contribution in [2.45, 2.75) is 58.9 Å². The number of rotatable bonds is 6. The fourth-order valence-corrected chi connectivity index (χ4v) is 2.98. The molecule has 19 heavy (non-hydrogen) atoms. The molecule has 0 bridgehead atoms. The van der Waals surface area contributed by atoms with Crippen LogP contribution in [0, 0.1) is 11.7 Å². The van der Waals surface area contributed by atoms with Crippen molar-refractivity contribution in [1.29, 1.82) is 0 Å². The number of hydrogen-bond acceptors (Lipinski definition) is 2. The predicted molar refractivity (Wildman–Crippen MR) is 83.1 cm³/mol. The van der Waals surface area contributed by atoms with E-state index in [0.29, 0.717) is 6.04 Å². The molecule has 0 spiro atoms. The third kappa shape index (κ3) is 3.06. The molecule has 1 N–H and O–H groups in total. The number of nitrogens with zero attached hydrogens (tertiary/aromatic N) is 2. The molecule has 1 unspecified atom stereocenters. The Morgan fingerprint density at radius 3 is 2.79 bits per heavy atom. The van der Waals surface area contributed by atoms with Crippen molar-refractivity contribution in [2.24, 2.45) is 0 Å². The molecule has 4 heteroatoms. The van der Waals surface area contributed by atoms with Crippen molar-refractivity contribution >= 4 is 23.4 Å². The van der Waals surface area contributed by atoms with E-state index in [4.69, 9.17) is 12.2 Å². The van der Waals surface area contributed by atoms with Crippen LogP contribution in [-0.2, 0) is 0 Å². The maximum absolute atomic E-state index is 5.50. The maximum Gasteiger partial charge on any atom is 0.179 e. The van der Waals surface area contributed by atoms with Crippen LogP contribution in [0.3, 0.4) is 0 Å². The van der Waals surface area contributed by atoms with Gasteiger partial charge in [-0.05, 0) is 43.6 Å². The van der Waals surface area contributed by atoms with Gasteiger partial charge < -0.3 is 4.98 Å². The van der Waals surface area contributed by atoms with Gasteiger partial charge in [0.15, 0.2) is 10.4 Å². The summed E-state index contributed by atoms with van der Waals surface area (Å²) in [5.74, 6) is 0. The number of H-pyrrole nitrogens is 1. The van der Waals surface area contributed by atoms with Gasteiger partial charge in [0, 0.05) is 12.2 Å². The normalized spacial score (nSPS) is 13.0. The molecule has 2 heterocycles. The smallest absolute Gasteiger partial charge is 0.179 e. The number of aryl methyl sites for hydroxylation is 1. The standard InChI is InChI=1S/C15H23N3S/c1-4-6-8-12(7-5-2)18-14-13(17-15(18)19)9-11(3)10-16-14/h9-10,12H,4-8H2,1-3H3,(H,17,19). The summed E-state index contributed by atoms with van der Waals surface area (Å²) in [7, 11) is 0. The number of imidazole rings is 1. The lowest BCUT2D eigenvalue weighted by Crippen LogP contribution is -2.10. The van der Waals surface area contributed by atoms with Crippen LogP contribution in [0.5, 0.6) is 0 Å². The average molecular weight is 277 g/mol. The lowest BCUT2D eigenvalue weighted by atomic mass is 10.1. The van der Waals surface area contributed by atoms with E-state index in [9.17, 15) is 0 Å². The first-order valence-electron chi connectivity index (χ1n) is 7.24. The van der Waals surface area contributed by atoms with Crippen molar-refractivity contribution in [1.82, 2.24) is 14.5 Å². The van der Waals surface area contributed by atoms with Gasteiger partial charge in [0.25, 0.3) is 0 Å². The van der Waals surface area contributed by atoms with Crippen molar-refractivity contribution in [3.63, 3.8) is 0 Å². The highest BCUT2D eigenvalue weighted by molar-refractivity contribution is 7.71. The highest BCUT2D eigenvalue weighted by atomic mass is 32.1. The van der Waals surface area contributed by atoms with Gasteiger partial charge in [-0.25, -0.2) is 4.98 Å². The molecule has 0 radical (unpaired) electrons. The molecule has 2 aromatic heterocycles. The largest absolute Gasteiger partial charge is 0.329 e. The first-order valence-corrected chi connectivity index (χ1v) is 7.65. The van der Waals surface area contributed by atoms with Gasteiger partial charge >= 0.3 is 0 Å². The monoisotopic (exact) mass is 277 g/mol. The molecule has 0 saturated heterocycles. The van der Waals surface area contributed by atoms with Gasteiger partial charge in [-0.3, -0.25) is 4.57 Å². The molecule has 0 fully saturated rings. The van der Waals surface area contributed by atoms with E-state index >= 15 is 0 Å². The molecule has 2 rings (SSSR count). The Balaban J connectivity index is 2.46. The number of aromatic amines is 1. The van der Waals surface area contributed by atoms with Gasteiger partial charge in [-0.1, -0.05) is 33.1 Å². The van der Waals surface area contributed by atoms with Crippen LogP contribution in [0.4, 0.5) is 0 Å². The summed E-state index contributed by atoms with van der Waals surface area (Å²) in [6.45, 7) is 6.52. The number of unbranched alkanes of at least 4 members (excludes halogenated alkanes) is 1. The Kier molecular flexibility index (Phi) is 4.75. The maximum atomic E-state index is 5.50. The minimum absolute atomic E-state index is 0.474. The molecule has 0 amide bonds. The Bertz CT molecular complexity index is 597. The third-order valence-electron chi connectivity index (χ3n) is 3.57. The van der Waals surface area contributed by atoms with Gasteiger partial charge in [0.1, 0.15) is 0 Å². The minimum Gasteiger partial charge on any atom is -0.329 e. The molecule has 2 aromatic rings. The Labute approximate surface area is 120 Å². The summed E-state index contributed by atoms with van der Waals surface area (Å²) in [6.07, 6.45) is 7.91. The molecule has 104 valence electrons. The van der Waals surface area contributed by atoms with E-state index in [2.05, 4.69) is 41.4 Å². The van der Waals surface area contributed by atoms with E-state index in [1.807, 2.05) is 6.20 Å². The van der Waals surface area contributed by atoms with E-state index in [0.717, 1.165) is 27.9 Å². The predicted octanol–water partition coefficient (Wildman–Crippen LogP) is 4.93. The second-order valence-electron chi connectivity index (χ2n) is 5.27. The Morgan fingerprint density at radius 1 is 1.32 bits per heavy atom. The van der Waals surface area contributed by atoms with E-state index < -0.39 is 0 Å². The zero-order chi connectivity index (χ0) is 13.8. The fourth-order valence-electron chi connectivity index (χ4n) is 2.63. The zero-order valence-electron chi connectivity index (χ0n) is 12.1. The van der Waals surface area contributed by atoms with E-state index in [-0.39, 0.29) is 0 Å². The SMILES string of the molecule is CCCCC(CCC)n1c(=S)[nH]c2cc(C)cnc21. The minimum atomic E-state index is 0.474. The number of pyridine rings is 1. The van der Waals surface area contributed by atoms with E-state index in [1.165, 1.54) is 25.7 Å². The summed E-state index contributed by atoms with van der Waals surface area (Å²) in [4.78, 5) is 7.88. The van der Waals surface area contributed by atoms with Crippen LogP contribution in [0.1, 0.15) is 57.6 Å². The average Bonchev–Trinajstić information content (AvgIpc) is 2.69. The van der Waals surface area contributed by atoms with Crippen molar-refractivity contribution in [3.05, 3.63) is 22.6 Å². The lowest BCUT2D eigenvalue weighted by Gasteiger charge is -2.18. The van der Waals surface area contributed by atoms with Crippen LogP contribution in [0.25, 0.3) is 11.2 Å². The molecular weight excluding hydrogens is 254 g/mol. The Hall–Kier alpha value is -1.16. The molecule has 3 nitrogen and oxygen atoms in total. The summed E-state index contributed by atoms with van der Waals surface area (Å²) in [6, 6.07) is 2.60. The van der Waals surface area contributed by atoms with Gasteiger partial charge in [-0.2, -0.15) is 0 Å². The number of hydrogen-bond donors (Lipinski definition) is 1. The molecular formula is C15H23N3S. The lowest BCUT2D eigenvalue weighted by molar-refractivity contribution is 0.420. The number of fused-ring (bicyclic) bond motifs is 1. The summed E-state index contributed by atoms with van der Waals surface area (Å²) >= 11 is 5.50. The zero-order valence-corrected chi connectivity index (χ0v) is 12.9. The summed E-state index contributed by atoms with van der Waals surface area (Å²) in [5, 5.41) is 0. The molecule has 0 aliphatic rings. The quantitative estimate of drug-likeness (QED) is 0.759. The first kappa shape index (κ1) is 14.3. The third-order valence-corrected chi connectivity index (χ3v) is 3.87. The Morgan fingerprint density at radius 2 is 2.11 bits per heavy atom. The molecule has 0 saturated carbocycles. The van der Waals surface area contributed by atoms with Crippen LogP contribution < -0.4 is 0 Å². The van der Waals surface area contributed by atoms with Crippen molar-refractivity contribution in [3.8, 4) is 0 Å². The fraction of sp³-hybridized carbons (Fsp3) is 0.600. The summed E-state index contributed by atoms with van der Waals surface area (Å²) < 4.78 is 3.03. The molecule has 0 aliphatic heterocycles. The molecule has 0 aliphatic carbocycles. The number of nitrogens with one attached hydrogen (secondary N) is 1. The second-order valence-corrected chi connectivity index (χ2v) is 5.66. The van der Waals surface area contributed by atoms with Crippen LogP contribution >= 0.6 is 12.2 Å². The molecule has 0 aromatic carbocycles. The number of aromatic nitrogens is 3. The van der Waals surface area contributed by atoms with Gasteiger partial charge in [-0.15, -0.1) is 0 Å². The van der Waals surface area contributed by atoms with Gasteiger partial charge in [0.05, 0.1) is 5.52 Å². The first-order chi connectivity index (χ1) is 9.17. The second kappa shape index (κ2) is 6.33. The van der Waals surface area contributed by atoms with E-state index in [1.54, 1.807) is 0 Å². The van der Waals surface area contributed by atoms with Crippen LogP contribution in [-0.4, -0.2) is 14.5 Å².